The Hall–Kier alpha value is -2.96. The van der Waals surface area contributed by atoms with Crippen molar-refractivity contribution in [3.63, 3.8) is 0 Å². The summed E-state index contributed by atoms with van der Waals surface area (Å²) in [4.78, 5) is 23.0. The van der Waals surface area contributed by atoms with E-state index in [0.29, 0.717) is 0 Å². The van der Waals surface area contributed by atoms with Crippen molar-refractivity contribution < 1.29 is 18.4 Å². The van der Waals surface area contributed by atoms with Crippen LogP contribution in [0.4, 0.5) is 20.2 Å². The molecule has 0 saturated carbocycles. The summed E-state index contributed by atoms with van der Waals surface area (Å²) in [5.41, 5.74) is 9.77. The number of carbonyl (C=O) groups is 2. The van der Waals surface area contributed by atoms with Gasteiger partial charge >= 0.3 is 0 Å². The smallest absolute Gasteiger partial charge is 0.258 e. The Labute approximate surface area is 118 Å². The molecule has 0 radical (unpaired) electrons. The number of nitrogen functional groups attached to an aromatic ring is 1. The second-order valence-electron chi connectivity index (χ2n) is 4.26. The van der Waals surface area contributed by atoms with Crippen molar-refractivity contribution in [2.75, 3.05) is 11.1 Å². The molecule has 21 heavy (non-hydrogen) atoms. The quantitative estimate of drug-likeness (QED) is 0.753. The number of hydrogen-bond acceptors (Lipinski definition) is 3. The zero-order valence-electron chi connectivity index (χ0n) is 10.7. The third-order valence-electron chi connectivity index (χ3n) is 2.72. The predicted octanol–water partition coefficient (Wildman–Crippen LogP) is 1.90. The van der Waals surface area contributed by atoms with E-state index >= 15 is 0 Å². The third kappa shape index (κ3) is 3.14. The van der Waals surface area contributed by atoms with Crippen LogP contribution in [0.3, 0.4) is 0 Å². The van der Waals surface area contributed by atoms with Gasteiger partial charge in [0, 0.05) is 11.3 Å². The molecule has 108 valence electrons. The molecule has 0 unspecified atom stereocenters. The summed E-state index contributed by atoms with van der Waals surface area (Å²) in [6.45, 7) is 0. The first-order valence-electron chi connectivity index (χ1n) is 5.84. The number of nitrogens with two attached hydrogens (primary N) is 2. The van der Waals surface area contributed by atoms with Crippen molar-refractivity contribution in [1.82, 2.24) is 0 Å². The topological polar surface area (TPSA) is 98.2 Å². The van der Waals surface area contributed by atoms with Crippen LogP contribution in [0.15, 0.2) is 36.4 Å². The molecule has 0 saturated heterocycles. The third-order valence-corrected chi connectivity index (χ3v) is 2.72. The lowest BCUT2D eigenvalue weighted by atomic mass is 10.1. The first-order chi connectivity index (χ1) is 9.88. The number of benzene rings is 2. The SMILES string of the molecule is NC(=O)c1cccc(NC(=O)c2cc(F)cc(N)c2F)c1. The zero-order valence-corrected chi connectivity index (χ0v) is 10.7. The van der Waals surface area contributed by atoms with Crippen LogP contribution in [-0.2, 0) is 0 Å². The van der Waals surface area contributed by atoms with Crippen LogP contribution in [0.5, 0.6) is 0 Å². The Balaban J connectivity index is 2.30. The van der Waals surface area contributed by atoms with Gasteiger partial charge in [-0.15, -0.1) is 0 Å². The molecular formula is C14H11F2N3O2. The number of halogens is 2. The molecule has 7 heteroatoms. The molecule has 2 aromatic carbocycles. The highest BCUT2D eigenvalue weighted by molar-refractivity contribution is 6.05. The van der Waals surface area contributed by atoms with E-state index < -0.39 is 34.7 Å². The van der Waals surface area contributed by atoms with E-state index in [2.05, 4.69) is 5.32 Å². The fourth-order valence-corrected chi connectivity index (χ4v) is 1.72. The van der Waals surface area contributed by atoms with E-state index in [0.717, 1.165) is 12.1 Å². The summed E-state index contributed by atoms with van der Waals surface area (Å²) in [7, 11) is 0. The van der Waals surface area contributed by atoms with Gasteiger partial charge < -0.3 is 16.8 Å². The van der Waals surface area contributed by atoms with E-state index in [1.807, 2.05) is 0 Å². The number of amides is 2. The van der Waals surface area contributed by atoms with Crippen molar-refractivity contribution in [1.29, 1.82) is 0 Å². The number of carbonyl (C=O) groups excluding carboxylic acids is 2. The minimum Gasteiger partial charge on any atom is -0.396 e. The van der Waals surface area contributed by atoms with Crippen LogP contribution >= 0.6 is 0 Å². The van der Waals surface area contributed by atoms with Gasteiger partial charge in [0.25, 0.3) is 5.91 Å². The van der Waals surface area contributed by atoms with Crippen LogP contribution in [0, 0.1) is 11.6 Å². The summed E-state index contributed by atoms with van der Waals surface area (Å²) in [5.74, 6) is -3.41. The van der Waals surface area contributed by atoms with Gasteiger partial charge in [-0.2, -0.15) is 0 Å². The zero-order chi connectivity index (χ0) is 15.6. The standard InChI is InChI=1S/C14H11F2N3O2/c15-8-5-10(12(16)11(17)6-8)14(21)19-9-3-1-2-7(4-9)13(18)20/h1-6H,17H2,(H2,18,20)(H,19,21). The van der Waals surface area contributed by atoms with Gasteiger partial charge in [0.2, 0.25) is 5.91 Å². The molecule has 0 aliphatic carbocycles. The number of anilines is 2. The molecule has 2 aromatic rings. The van der Waals surface area contributed by atoms with Crippen LogP contribution < -0.4 is 16.8 Å². The molecule has 5 nitrogen and oxygen atoms in total. The summed E-state index contributed by atoms with van der Waals surface area (Å²) in [5, 5.41) is 2.34. The lowest BCUT2D eigenvalue weighted by molar-refractivity contribution is 0.0995. The van der Waals surface area contributed by atoms with Gasteiger partial charge in [-0.1, -0.05) is 6.07 Å². The number of rotatable bonds is 3. The number of hydrogen-bond donors (Lipinski definition) is 3. The fourth-order valence-electron chi connectivity index (χ4n) is 1.72. The maximum atomic E-state index is 13.7. The molecule has 0 aliphatic heterocycles. The molecule has 2 amide bonds. The Bertz CT molecular complexity index is 732. The molecule has 0 fully saturated rings. The normalized spacial score (nSPS) is 10.2. The fraction of sp³-hybridized carbons (Fsp3) is 0. The average molecular weight is 291 g/mol. The summed E-state index contributed by atoms with van der Waals surface area (Å²) in [6, 6.07) is 7.26. The van der Waals surface area contributed by atoms with E-state index in [-0.39, 0.29) is 11.3 Å². The van der Waals surface area contributed by atoms with Crippen molar-refractivity contribution in [3.8, 4) is 0 Å². The van der Waals surface area contributed by atoms with Crippen molar-refractivity contribution in [2.45, 2.75) is 0 Å². The molecule has 0 bridgehead atoms. The summed E-state index contributed by atoms with van der Waals surface area (Å²) < 4.78 is 26.9. The average Bonchev–Trinajstić information content (AvgIpc) is 2.43. The highest BCUT2D eigenvalue weighted by atomic mass is 19.1. The van der Waals surface area contributed by atoms with Gasteiger partial charge in [-0.25, -0.2) is 8.78 Å². The van der Waals surface area contributed by atoms with E-state index in [1.165, 1.54) is 24.3 Å². The highest BCUT2D eigenvalue weighted by Crippen LogP contribution is 2.19. The number of primary amides is 1. The maximum Gasteiger partial charge on any atom is 0.258 e. The Kier molecular flexibility index (Phi) is 3.84. The van der Waals surface area contributed by atoms with Gasteiger partial charge in [0.05, 0.1) is 11.3 Å². The Morgan fingerprint density at radius 3 is 2.48 bits per heavy atom. The molecule has 0 aliphatic rings. The molecule has 0 atom stereocenters. The van der Waals surface area contributed by atoms with Gasteiger partial charge in [0.1, 0.15) is 5.82 Å². The lowest BCUT2D eigenvalue weighted by Crippen LogP contribution is -2.16. The predicted molar refractivity (Wildman–Crippen MR) is 73.7 cm³/mol. The monoisotopic (exact) mass is 291 g/mol. The number of nitrogens with one attached hydrogen (secondary N) is 1. The van der Waals surface area contributed by atoms with Crippen LogP contribution in [0.25, 0.3) is 0 Å². The second kappa shape index (κ2) is 5.58. The van der Waals surface area contributed by atoms with Crippen LogP contribution in [-0.4, -0.2) is 11.8 Å². The second-order valence-corrected chi connectivity index (χ2v) is 4.26. The van der Waals surface area contributed by atoms with E-state index in [4.69, 9.17) is 11.5 Å². The first kappa shape index (κ1) is 14.4. The van der Waals surface area contributed by atoms with Gasteiger partial charge in [0.15, 0.2) is 5.82 Å². The Morgan fingerprint density at radius 2 is 1.81 bits per heavy atom. The summed E-state index contributed by atoms with van der Waals surface area (Å²) in [6.07, 6.45) is 0. The molecule has 5 N–H and O–H groups in total. The van der Waals surface area contributed by atoms with Gasteiger partial charge in [-0.05, 0) is 30.3 Å². The Morgan fingerprint density at radius 1 is 1.10 bits per heavy atom. The minimum atomic E-state index is -1.01. The molecule has 0 aromatic heterocycles. The largest absolute Gasteiger partial charge is 0.396 e. The van der Waals surface area contributed by atoms with E-state index in [9.17, 15) is 18.4 Å². The maximum absolute atomic E-state index is 13.7. The van der Waals surface area contributed by atoms with E-state index in [1.54, 1.807) is 0 Å². The van der Waals surface area contributed by atoms with Gasteiger partial charge in [-0.3, -0.25) is 9.59 Å². The molecule has 2 rings (SSSR count). The van der Waals surface area contributed by atoms with Crippen molar-refractivity contribution in [2.24, 2.45) is 5.73 Å². The lowest BCUT2D eigenvalue weighted by Gasteiger charge is -2.08. The van der Waals surface area contributed by atoms with Crippen LogP contribution in [0.1, 0.15) is 20.7 Å². The van der Waals surface area contributed by atoms with Crippen LogP contribution in [0.2, 0.25) is 0 Å². The van der Waals surface area contributed by atoms with Crippen molar-refractivity contribution >= 4 is 23.2 Å². The molecular weight excluding hydrogens is 280 g/mol. The first-order valence-corrected chi connectivity index (χ1v) is 5.84. The van der Waals surface area contributed by atoms with Crippen molar-refractivity contribution in [3.05, 3.63) is 59.2 Å². The highest BCUT2D eigenvalue weighted by Gasteiger charge is 2.16. The minimum absolute atomic E-state index is 0.173. The summed E-state index contributed by atoms with van der Waals surface area (Å²) >= 11 is 0. The molecule has 0 spiro atoms. The molecule has 0 heterocycles.